The van der Waals surface area contributed by atoms with Crippen molar-refractivity contribution in [3.8, 4) is 5.75 Å². The molecule has 0 aromatic heterocycles. The van der Waals surface area contributed by atoms with Crippen LogP contribution in [-0.4, -0.2) is 18.4 Å². The molecule has 6 nitrogen and oxygen atoms in total. The van der Waals surface area contributed by atoms with Gasteiger partial charge >= 0.3 is 0 Å². The number of carbonyl (C=O) groups is 2. The van der Waals surface area contributed by atoms with E-state index in [1.54, 1.807) is 11.0 Å². The van der Waals surface area contributed by atoms with Crippen molar-refractivity contribution in [1.82, 2.24) is 5.32 Å². The fraction of sp³-hybridized carbons (Fsp3) is 0.111. The number of hydrogen-bond acceptors (Lipinski definition) is 4. The average Bonchev–Trinajstić information content (AvgIpc) is 3.32. The second-order valence-corrected chi connectivity index (χ2v) is 10.0. The monoisotopic (exact) mass is 553 g/mol. The second kappa shape index (κ2) is 12.0. The second-order valence-electron chi connectivity index (χ2n) is 10.0. The van der Waals surface area contributed by atoms with Gasteiger partial charge in [0.25, 0.3) is 11.8 Å². The van der Waals surface area contributed by atoms with E-state index in [2.05, 4.69) is 10.6 Å². The zero-order valence-electron chi connectivity index (χ0n) is 23.2. The lowest BCUT2D eigenvalue weighted by Gasteiger charge is -2.27. The first-order chi connectivity index (χ1) is 20.6. The van der Waals surface area contributed by atoms with Crippen LogP contribution in [0.5, 0.6) is 5.75 Å². The molecule has 5 aromatic carbocycles. The van der Waals surface area contributed by atoms with Crippen LogP contribution in [0.2, 0.25) is 0 Å². The summed E-state index contributed by atoms with van der Waals surface area (Å²) in [5.74, 6) is 0.468. The quantitative estimate of drug-likeness (QED) is 0.200. The minimum atomic E-state index is -0.452. The van der Waals surface area contributed by atoms with Crippen LogP contribution in [-0.2, 0) is 0 Å². The number of anilines is 2. The smallest absolute Gasteiger partial charge is 0.260 e. The van der Waals surface area contributed by atoms with E-state index in [0.29, 0.717) is 17.7 Å². The van der Waals surface area contributed by atoms with E-state index in [-0.39, 0.29) is 17.9 Å². The van der Waals surface area contributed by atoms with E-state index >= 15 is 0 Å². The molecule has 2 amide bonds. The maximum Gasteiger partial charge on any atom is 0.260 e. The van der Waals surface area contributed by atoms with E-state index in [9.17, 15) is 9.59 Å². The zero-order valence-corrected chi connectivity index (χ0v) is 23.2. The van der Waals surface area contributed by atoms with Crippen LogP contribution >= 0.6 is 0 Å². The molecular formula is C36H31N3O3. The van der Waals surface area contributed by atoms with Crippen molar-refractivity contribution in [3.05, 3.63) is 161 Å². The van der Waals surface area contributed by atoms with Gasteiger partial charge in [-0.05, 0) is 66.6 Å². The van der Waals surface area contributed by atoms with Gasteiger partial charge in [-0.2, -0.15) is 0 Å². The number of amides is 2. The number of nitrogens with zero attached hydrogens (tertiary/aromatic N) is 1. The summed E-state index contributed by atoms with van der Waals surface area (Å²) in [7, 11) is 0. The Hall–Kier alpha value is -5.36. The lowest BCUT2D eigenvalue weighted by Crippen LogP contribution is -2.32. The van der Waals surface area contributed by atoms with E-state index in [4.69, 9.17) is 4.74 Å². The van der Waals surface area contributed by atoms with Crippen molar-refractivity contribution in [2.24, 2.45) is 0 Å². The molecule has 0 bridgehead atoms. The van der Waals surface area contributed by atoms with Crippen molar-refractivity contribution in [3.63, 3.8) is 0 Å². The Bertz CT molecular complexity index is 1650. The van der Waals surface area contributed by atoms with Gasteiger partial charge in [-0.25, -0.2) is 0 Å². The topological polar surface area (TPSA) is 70.7 Å². The standard InChI is InChI=1S/C36H31N3O3/c1-2-42-30-22-20-29(21-23-30)39-34(31-18-9-10-19-32(31)36(39)41)37-28-17-11-16-27(24-28)35(40)38-33(25-12-5-3-6-13-25)26-14-7-4-8-15-26/h3-24,33-34,37H,2H2,1H3,(H,38,40). The number of rotatable bonds is 9. The highest BCUT2D eigenvalue weighted by Gasteiger charge is 2.37. The van der Waals surface area contributed by atoms with Crippen molar-refractivity contribution in [2.75, 3.05) is 16.8 Å². The minimum Gasteiger partial charge on any atom is -0.494 e. The van der Waals surface area contributed by atoms with E-state index < -0.39 is 6.17 Å². The molecule has 1 heterocycles. The highest BCUT2D eigenvalue weighted by atomic mass is 16.5. The van der Waals surface area contributed by atoms with Crippen LogP contribution in [0.3, 0.4) is 0 Å². The zero-order chi connectivity index (χ0) is 28.9. The Kier molecular flexibility index (Phi) is 7.68. The molecule has 1 aliphatic heterocycles. The van der Waals surface area contributed by atoms with Gasteiger partial charge in [0.15, 0.2) is 0 Å². The Balaban J connectivity index is 1.28. The van der Waals surface area contributed by atoms with Gasteiger partial charge < -0.3 is 15.4 Å². The van der Waals surface area contributed by atoms with Crippen molar-refractivity contribution in [2.45, 2.75) is 19.1 Å². The molecule has 1 unspecified atom stereocenters. The summed E-state index contributed by atoms with van der Waals surface area (Å²) >= 11 is 0. The lowest BCUT2D eigenvalue weighted by atomic mass is 9.98. The van der Waals surface area contributed by atoms with Crippen molar-refractivity contribution < 1.29 is 14.3 Å². The summed E-state index contributed by atoms with van der Waals surface area (Å²) in [5, 5.41) is 6.74. The number of hydrogen-bond donors (Lipinski definition) is 2. The molecule has 1 aliphatic rings. The summed E-state index contributed by atoms with van der Waals surface area (Å²) < 4.78 is 5.60. The third kappa shape index (κ3) is 5.47. The Morgan fingerprint density at radius 1 is 0.786 bits per heavy atom. The first-order valence-corrected chi connectivity index (χ1v) is 14.0. The van der Waals surface area contributed by atoms with Gasteiger partial charge in [0, 0.05) is 28.1 Å². The third-order valence-corrected chi connectivity index (χ3v) is 7.36. The largest absolute Gasteiger partial charge is 0.494 e. The molecule has 1 atom stereocenters. The molecule has 42 heavy (non-hydrogen) atoms. The van der Waals surface area contributed by atoms with Gasteiger partial charge in [-0.15, -0.1) is 0 Å². The fourth-order valence-corrected chi connectivity index (χ4v) is 5.37. The SMILES string of the molecule is CCOc1ccc(N2C(=O)c3ccccc3C2Nc2cccc(C(=O)NC(c3ccccc3)c3ccccc3)c2)cc1. The van der Waals surface area contributed by atoms with Crippen LogP contribution in [0.4, 0.5) is 11.4 Å². The van der Waals surface area contributed by atoms with Crippen LogP contribution in [0.15, 0.2) is 133 Å². The van der Waals surface area contributed by atoms with Gasteiger partial charge in [0.05, 0.1) is 12.6 Å². The molecule has 5 aromatic rings. The number of nitrogens with one attached hydrogen (secondary N) is 2. The average molecular weight is 554 g/mol. The van der Waals surface area contributed by atoms with Gasteiger partial charge in [-0.1, -0.05) is 84.9 Å². The Labute approximate surface area is 245 Å². The number of ether oxygens (including phenoxy) is 1. The van der Waals surface area contributed by atoms with E-state index in [0.717, 1.165) is 33.8 Å². The van der Waals surface area contributed by atoms with Crippen LogP contribution < -0.4 is 20.3 Å². The molecule has 0 spiro atoms. The molecule has 208 valence electrons. The van der Waals surface area contributed by atoms with Crippen LogP contribution in [0.25, 0.3) is 0 Å². The minimum absolute atomic E-state index is 0.0882. The molecule has 2 N–H and O–H groups in total. The molecule has 0 saturated carbocycles. The number of carbonyl (C=O) groups excluding carboxylic acids is 2. The summed E-state index contributed by atoms with van der Waals surface area (Å²) in [4.78, 5) is 28.9. The molecular weight excluding hydrogens is 522 g/mol. The lowest BCUT2D eigenvalue weighted by molar-refractivity contribution is 0.0941. The highest BCUT2D eigenvalue weighted by molar-refractivity contribution is 6.11. The van der Waals surface area contributed by atoms with Crippen molar-refractivity contribution >= 4 is 23.2 Å². The van der Waals surface area contributed by atoms with Gasteiger partial charge in [0.1, 0.15) is 11.9 Å². The Morgan fingerprint density at radius 3 is 2.10 bits per heavy atom. The normalized spacial score (nSPS) is 14.0. The van der Waals surface area contributed by atoms with Crippen molar-refractivity contribution in [1.29, 1.82) is 0 Å². The summed E-state index contributed by atoms with van der Waals surface area (Å²) in [6, 6.07) is 42.1. The molecule has 0 aliphatic carbocycles. The third-order valence-electron chi connectivity index (χ3n) is 7.36. The predicted octanol–water partition coefficient (Wildman–Crippen LogP) is 7.38. The van der Waals surface area contributed by atoms with Gasteiger partial charge in [-0.3, -0.25) is 14.5 Å². The van der Waals surface area contributed by atoms with Gasteiger partial charge in [0.2, 0.25) is 0 Å². The molecule has 6 rings (SSSR count). The Morgan fingerprint density at radius 2 is 1.43 bits per heavy atom. The van der Waals surface area contributed by atoms with E-state index in [1.165, 1.54) is 0 Å². The summed E-state index contributed by atoms with van der Waals surface area (Å²) in [6.45, 7) is 2.51. The highest BCUT2D eigenvalue weighted by Crippen LogP contribution is 2.38. The first-order valence-electron chi connectivity index (χ1n) is 14.0. The molecule has 0 fully saturated rings. The summed E-state index contributed by atoms with van der Waals surface area (Å²) in [5.41, 5.74) is 5.51. The van der Waals surface area contributed by atoms with Crippen LogP contribution in [0.1, 0.15) is 56.5 Å². The molecule has 0 saturated heterocycles. The van der Waals surface area contributed by atoms with E-state index in [1.807, 2.05) is 134 Å². The molecule has 6 heteroatoms. The maximum atomic E-state index is 13.6. The maximum absolute atomic E-state index is 13.6. The number of benzene rings is 5. The molecule has 0 radical (unpaired) electrons. The van der Waals surface area contributed by atoms with Crippen LogP contribution in [0, 0.1) is 0 Å². The number of fused-ring (bicyclic) bond motifs is 1. The fourth-order valence-electron chi connectivity index (χ4n) is 5.37. The summed E-state index contributed by atoms with van der Waals surface area (Å²) in [6.07, 6.45) is -0.452. The predicted molar refractivity (Wildman–Crippen MR) is 166 cm³/mol. The first kappa shape index (κ1) is 26.8.